The second-order valence-corrected chi connectivity index (χ2v) is 8.88. The molecule has 0 bridgehead atoms. The third-order valence-corrected chi connectivity index (χ3v) is 6.89. The summed E-state index contributed by atoms with van der Waals surface area (Å²) in [6.07, 6.45) is 1.97. The molecule has 1 aliphatic rings. The monoisotopic (exact) mass is 422 g/mol. The molecule has 4 nitrogen and oxygen atoms in total. The number of hydrogen-bond donors (Lipinski definition) is 1. The van der Waals surface area contributed by atoms with E-state index in [1.165, 1.54) is 16.9 Å². The Bertz CT molecular complexity index is 1020. The first-order valence-electron chi connectivity index (χ1n) is 9.63. The fourth-order valence-corrected chi connectivity index (χ4v) is 5.31. The van der Waals surface area contributed by atoms with E-state index in [1.54, 1.807) is 11.8 Å². The largest absolute Gasteiger partial charge is 0.321 e. The van der Waals surface area contributed by atoms with Crippen molar-refractivity contribution in [2.24, 2.45) is 0 Å². The van der Waals surface area contributed by atoms with Gasteiger partial charge in [-0.15, -0.1) is 23.1 Å². The van der Waals surface area contributed by atoms with Crippen LogP contribution in [0.2, 0.25) is 0 Å². The molecule has 1 aliphatic heterocycles. The third-order valence-electron chi connectivity index (χ3n) is 4.81. The summed E-state index contributed by atoms with van der Waals surface area (Å²) in [5.74, 6) is 0.464. The van der Waals surface area contributed by atoms with E-state index in [0.29, 0.717) is 10.6 Å². The van der Waals surface area contributed by atoms with Gasteiger partial charge >= 0.3 is 0 Å². The molecule has 1 saturated heterocycles. The Morgan fingerprint density at radius 2 is 2.00 bits per heavy atom. The number of anilines is 2. The lowest BCUT2D eigenvalue weighted by molar-refractivity contribution is -0.115. The van der Waals surface area contributed by atoms with E-state index in [2.05, 4.69) is 18.3 Å². The Labute approximate surface area is 178 Å². The topological polar surface area (TPSA) is 49.4 Å². The van der Waals surface area contributed by atoms with Gasteiger partial charge in [-0.25, -0.2) is 0 Å². The normalized spacial score (nSPS) is 16.2. The maximum Gasteiger partial charge on any atom is 0.265 e. The lowest BCUT2D eigenvalue weighted by Crippen LogP contribution is -2.28. The van der Waals surface area contributed by atoms with Gasteiger partial charge in [0.25, 0.3) is 5.91 Å². The van der Waals surface area contributed by atoms with E-state index in [4.69, 9.17) is 0 Å². The summed E-state index contributed by atoms with van der Waals surface area (Å²) < 4.78 is 0. The van der Waals surface area contributed by atoms with E-state index < -0.39 is 0 Å². The Balaban J connectivity index is 1.62. The number of rotatable bonds is 6. The van der Waals surface area contributed by atoms with Gasteiger partial charge in [-0.3, -0.25) is 14.5 Å². The Morgan fingerprint density at radius 3 is 2.79 bits per heavy atom. The van der Waals surface area contributed by atoms with Crippen molar-refractivity contribution >= 4 is 46.3 Å². The minimum absolute atomic E-state index is 0.0981. The average Bonchev–Trinajstić information content (AvgIpc) is 3.39. The predicted molar refractivity (Wildman–Crippen MR) is 122 cm³/mol. The number of carbonyl (C=O) groups excluding carboxylic acids is 2. The Morgan fingerprint density at radius 1 is 1.14 bits per heavy atom. The van der Waals surface area contributed by atoms with Crippen LogP contribution in [0.3, 0.4) is 0 Å². The van der Waals surface area contributed by atoms with Crippen molar-refractivity contribution < 1.29 is 9.59 Å². The molecule has 1 atom stereocenters. The summed E-state index contributed by atoms with van der Waals surface area (Å²) in [4.78, 5) is 27.8. The lowest BCUT2D eigenvalue weighted by atomic mass is 10.1. The maximum absolute atomic E-state index is 12.8. The van der Waals surface area contributed by atoms with E-state index in [0.717, 1.165) is 29.8 Å². The van der Waals surface area contributed by atoms with Crippen molar-refractivity contribution in [3.8, 4) is 0 Å². The molecule has 4 rings (SSSR count). The summed E-state index contributed by atoms with van der Waals surface area (Å²) in [6, 6.07) is 19.6. The molecule has 2 aromatic carbocycles. The molecule has 1 aromatic heterocycles. The van der Waals surface area contributed by atoms with Crippen LogP contribution < -0.4 is 10.2 Å². The SMILES string of the molecule is CCCc1ccccc1N1C(=O)CS[C@H]1c1cccc(NC(=O)c2cccs2)c1. The summed E-state index contributed by atoms with van der Waals surface area (Å²) in [7, 11) is 0. The fourth-order valence-electron chi connectivity index (χ4n) is 3.53. The van der Waals surface area contributed by atoms with E-state index in [9.17, 15) is 9.59 Å². The molecule has 0 radical (unpaired) electrons. The number of para-hydroxylation sites is 1. The van der Waals surface area contributed by atoms with Crippen LogP contribution in [0.5, 0.6) is 0 Å². The minimum atomic E-state index is -0.113. The van der Waals surface area contributed by atoms with Crippen LogP contribution in [0, 0.1) is 0 Å². The second kappa shape index (κ2) is 8.84. The van der Waals surface area contributed by atoms with Crippen LogP contribution in [0.1, 0.15) is 39.5 Å². The number of carbonyl (C=O) groups is 2. The van der Waals surface area contributed by atoms with Crippen LogP contribution in [0.15, 0.2) is 66.0 Å². The first kappa shape index (κ1) is 19.7. The highest BCUT2D eigenvalue weighted by Gasteiger charge is 2.35. The van der Waals surface area contributed by atoms with Crippen molar-refractivity contribution in [2.75, 3.05) is 16.0 Å². The zero-order valence-electron chi connectivity index (χ0n) is 16.1. The maximum atomic E-state index is 12.8. The minimum Gasteiger partial charge on any atom is -0.321 e. The molecule has 0 saturated carbocycles. The van der Waals surface area contributed by atoms with Gasteiger partial charge in [0.1, 0.15) is 5.37 Å². The number of hydrogen-bond acceptors (Lipinski definition) is 4. The summed E-state index contributed by atoms with van der Waals surface area (Å²) >= 11 is 3.04. The zero-order chi connectivity index (χ0) is 20.2. The molecule has 0 unspecified atom stereocenters. The average molecular weight is 423 g/mol. The van der Waals surface area contributed by atoms with Crippen LogP contribution in [-0.2, 0) is 11.2 Å². The van der Waals surface area contributed by atoms with Gasteiger partial charge in [0.05, 0.1) is 10.6 Å². The first-order valence-corrected chi connectivity index (χ1v) is 11.6. The van der Waals surface area contributed by atoms with Crippen molar-refractivity contribution in [2.45, 2.75) is 25.1 Å². The number of nitrogens with zero attached hydrogens (tertiary/aromatic N) is 1. The summed E-state index contributed by atoms with van der Waals surface area (Å²) in [6.45, 7) is 2.15. The summed E-state index contributed by atoms with van der Waals surface area (Å²) in [5, 5.41) is 4.75. The van der Waals surface area contributed by atoms with Gasteiger partial charge < -0.3 is 5.32 Å². The molecule has 0 aliphatic carbocycles. The van der Waals surface area contributed by atoms with Gasteiger partial charge in [-0.1, -0.05) is 49.7 Å². The lowest BCUT2D eigenvalue weighted by Gasteiger charge is -2.27. The molecule has 2 amide bonds. The molecular weight excluding hydrogens is 400 g/mol. The predicted octanol–water partition coefficient (Wildman–Crippen LogP) is 5.73. The number of nitrogens with one attached hydrogen (secondary N) is 1. The molecule has 1 N–H and O–H groups in total. The standard InChI is InChI=1S/C23H22N2O2S2/c1-2-7-16-8-3-4-11-19(16)25-21(26)15-29-23(25)17-9-5-10-18(14-17)24-22(27)20-12-6-13-28-20/h3-6,8-14,23H,2,7,15H2,1H3,(H,24,27)/t23-/m0/s1. The fraction of sp³-hybridized carbons (Fsp3) is 0.217. The van der Waals surface area contributed by atoms with Crippen LogP contribution in [0.4, 0.5) is 11.4 Å². The van der Waals surface area contributed by atoms with Gasteiger partial charge in [0, 0.05) is 11.4 Å². The highest BCUT2D eigenvalue weighted by atomic mass is 32.2. The number of thiophene rings is 1. The van der Waals surface area contributed by atoms with Gasteiger partial charge in [0.15, 0.2) is 0 Å². The Kier molecular flexibility index (Phi) is 6.02. The molecule has 148 valence electrons. The van der Waals surface area contributed by atoms with Crippen LogP contribution in [-0.4, -0.2) is 17.6 Å². The molecule has 1 fully saturated rings. The van der Waals surface area contributed by atoms with Crippen LogP contribution >= 0.6 is 23.1 Å². The number of amides is 2. The highest BCUT2D eigenvalue weighted by Crippen LogP contribution is 2.43. The van der Waals surface area contributed by atoms with Gasteiger partial charge in [-0.05, 0) is 47.2 Å². The molecule has 29 heavy (non-hydrogen) atoms. The highest BCUT2D eigenvalue weighted by molar-refractivity contribution is 8.00. The quantitative estimate of drug-likeness (QED) is 0.552. The van der Waals surface area contributed by atoms with E-state index in [-0.39, 0.29) is 17.2 Å². The number of aryl methyl sites for hydroxylation is 1. The van der Waals surface area contributed by atoms with Crippen molar-refractivity contribution in [1.29, 1.82) is 0 Å². The summed E-state index contributed by atoms with van der Waals surface area (Å²) in [5.41, 5.74) is 3.93. The van der Waals surface area contributed by atoms with E-state index in [1.807, 2.05) is 64.9 Å². The third kappa shape index (κ3) is 4.23. The van der Waals surface area contributed by atoms with E-state index >= 15 is 0 Å². The molecule has 3 aromatic rings. The van der Waals surface area contributed by atoms with Crippen molar-refractivity contribution in [3.05, 3.63) is 82.0 Å². The number of benzene rings is 2. The molecular formula is C23H22N2O2S2. The van der Waals surface area contributed by atoms with Gasteiger partial charge in [0.2, 0.25) is 5.91 Å². The second-order valence-electron chi connectivity index (χ2n) is 6.86. The smallest absolute Gasteiger partial charge is 0.265 e. The molecule has 6 heteroatoms. The zero-order valence-corrected chi connectivity index (χ0v) is 17.8. The van der Waals surface area contributed by atoms with Crippen molar-refractivity contribution in [1.82, 2.24) is 0 Å². The Hall–Kier alpha value is -2.57. The molecule has 2 heterocycles. The first-order chi connectivity index (χ1) is 14.2. The number of thioether (sulfide) groups is 1. The molecule has 0 spiro atoms. The van der Waals surface area contributed by atoms with Crippen LogP contribution in [0.25, 0.3) is 0 Å². The van der Waals surface area contributed by atoms with Gasteiger partial charge in [-0.2, -0.15) is 0 Å². The van der Waals surface area contributed by atoms with Crippen molar-refractivity contribution in [3.63, 3.8) is 0 Å².